The molecule has 2 nitrogen and oxygen atoms in total. The van der Waals surface area contributed by atoms with Crippen molar-refractivity contribution in [1.29, 1.82) is 0 Å². The molecule has 1 aliphatic carbocycles. The van der Waals surface area contributed by atoms with Gasteiger partial charge in [0.1, 0.15) is 0 Å². The second-order valence-electron chi connectivity index (χ2n) is 9.34. The average molecular weight is 506 g/mol. The summed E-state index contributed by atoms with van der Waals surface area (Å²) in [5.74, 6) is 0. The number of alkyl halides is 6. The van der Waals surface area contributed by atoms with Crippen LogP contribution in [0.2, 0.25) is 5.02 Å². The molecule has 1 heterocycles. The lowest BCUT2D eigenvalue weighted by Gasteiger charge is -2.47. The van der Waals surface area contributed by atoms with Gasteiger partial charge in [-0.05, 0) is 67.1 Å². The number of benzene rings is 2. The van der Waals surface area contributed by atoms with Gasteiger partial charge in [-0.2, -0.15) is 26.3 Å². The molecule has 0 radical (unpaired) electrons. The molecule has 2 aromatic rings. The summed E-state index contributed by atoms with van der Waals surface area (Å²) in [6, 6.07) is 9.60. The van der Waals surface area contributed by atoms with Gasteiger partial charge in [0.05, 0.1) is 23.8 Å². The normalized spacial score (nSPS) is 19.7. The molecule has 0 bridgehead atoms. The first-order chi connectivity index (χ1) is 15.9. The Kier molecular flexibility index (Phi) is 7.23. The zero-order chi connectivity index (χ0) is 24.6. The summed E-state index contributed by atoms with van der Waals surface area (Å²) in [5.41, 5.74) is -1.36. The SMILES string of the molecule is FC(F)(F)c1cc(COC2CCN(CC3(c4ccc(Cl)cc4)CCC3)CC2)cc(C(F)(F)F)c1. The molecule has 0 amide bonds. The molecule has 1 saturated carbocycles. The van der Waals surface area contributed by atoms with Crippen molar-refractivity contribution in [2.45, 2.75) is 62.6 Å². The smallest absolute Gasteiger partial charge is 0.373 e. The Morgan fingerprint density at radius 1 is 0.882 bits per heavy atom. The summed E-state index contributed by atoms with van der Waals surface area (Å²) < 4.78 is 84.1. The molecule has 4 rings (SSSR count). The van der Waals surface area contributed by atoms with E-state index in [1.165, 1.54) is 12.0 Å². The number of hydrogen-bond donors (Lipinski definition) is 0. The lowest BCUT2D eigenvalue weighted by molar-refractivity contribution is -0.143. The van der Waals surface area contributed by atoms with Crippen LogP contribution in [0.5, 0.6) is 0 Å². The quantitative estimate of drug-likeness (QED) is 0.377. The third kappa shape index (κ3) is 5.89. The van der Waals surface area contributed by atoms with Crippen molar-refractivity contribution in [2.24, 2.45) is 0 Å². The number of hydrogen-bond acceptors (Lipinski definition) is 2. The van der Waals surface area contributed by atoms with E-state index < -0.39 is 23.5 Å². The van der Waals surface area contributed by atoms with Crippen LogP contribution < -0.4 is 0 Å². The molecular formula is C25H26ClF6NO. The van der Waals surface area contributed by atoms with Gasteiger partial charge in [-0.3, -0.25) is 0 Å². The third-order valence-electron chi connectivity index (χ3n) is 6.96. The van der Waals surface area contributed by atoms with Crippen LogP contribution in [0.25, 0.3) is 0 Å². The maximum absolute atomic E-state index is 13.1. The zero-order valence-electron chi connectivity index (χ0n) is 18.5. The van der Waals surface area contributed by atoms with Gasteiger partial charge in [0.15, 0.2) is 0 Å². The summed E-state index contributed by atoms with van der Waals surface area (Å²) in [6.45, 7) is 2.18. The van der Waals surface area contributed by atoms with E-state index in [2.05, 4.69) is 17.0 Å². The van der Waals surface area contributed by atoms with Crippen molar-refractivity contribution in [2.75, 3.05) is 19.6 Å². The molecule has 0 aromatic heterocycles. The summed E-state index contributed by atoms with van der Waals surface area (Å²) in [5, 5.41) is 0.708. The maximum Gasteiger partial charge on any atom is 0.416 e. The highest BCUT2D eigenvalue weighted by molar-refractivity contribution is 6.30. The topological polar surface area (TPSA) is 12.5 Å². The van der Waals surface area contributed by atoms with Crippen LogP contribution in [-0.4, -0.2) is 30.6 Å². The van der Waals surface area contributed by atoms with E-state index in [0.717, 1.165) is 44.6 Å². The molecule has 2 fully saturated rings. The van der Waals surface area contributed by atoms with Gasteiger partial charge in [-0.15, -0.1) is 0 Å². The Bertz CT molecular complexity index is 944. The molecule has 9 heteroatoms. The highest BCUT2D eigenvalue weighted by atomic mass is 35.5. The zero-order valence-corrected chi connectivity index (χ0v) is 19.2. The van der Waals surface area contributed by atoms with Gasteiger partial charge in [-0.25, -0.2) is 0 Å². The predicted octanol–water partition coefficient (Wildman–Crippen LogP) is 7.48. The molecule has 2 aromatic carbocycles. The first-order valence-electron chi connectivity index (χ1n) is 11.3. The molecule has 1 saturated heterocycles. The highest BCUT2D eigenvalue weighted by Crippen LogP contribution is 2.45. The Morgan fingerprint density at radius 2 is 1.44 bits per heavy atom. The second kappa shape index (κ2) is 9.70. The first kappa shape index (κ1) is 25.3. The molecule has 1 aliphatic heterocycles. The molecular weight excluding hydrogens is 480 g/mol. The van der Waals surface area contributed by atoms with E-state index >= 15 is 0 Å². The number of likely N-dealkylation sites (tertiary alicyclic amines) is 1. The van der Waals surface area contributed by atoms with Crippen LogP contribution in [0.4, 0.5) is 26.3 Å². The Hall–Kier alpha value is -1.77. The molecule has 2 aliphatic rings. The monoisotopic (exact) mass is 505 g/mol. The maximum atomic E-state index is 13.1. The number of nitrogens with zero attached hydrogens (tertiary/aromatic N) is 1. The minimum atomic E-state index is -4.86. The van der Waals surface area contributed by atoms with E-state index in [1.807, 2.05) is 12.1 Å². The van der Waals surface area contributed by atoms with Gasteiger partial charge in [0.2, 0.25) is 0 Å². The van der Waals surface area contributed by atoms with E-state index in [1.54, 1.807) is 0 Å². The Morgan fingerprint density at radius 3 is 1.91 bits per heavy atom. The van der Waals surface area contributed by atoms with Gasteiger partial charge < -0.3 is 9.64 Å². The van der Waals surface area contributed by atoms with Crippen molar-refractivity contribution in [1.82, 2.24) is 4.90 Å². The average Bonchev–Trinajstić information content (AvgIpc) is 2.75. The highest BCUT2D eigenvalue weighted by Gasteiger charge is 2.41. The number of ether oxygens (including phenoxy) is 1. The van der Waals surface area contributed by atoms with Crippen molar-refractivity contribution in [3.8, 4) is 0 Å². The molecule has 0 N–H and O–H groups in total. The van der Waals surface area contributed by atoms with Crippen molar-refractivity contribution in [3.63, 3.8) is 0 Å². The van der Waals surface area contributed by atoms with Crippen molar-refractivity contribution >= 4 is 11.6 Å². The lowest BCUT2D eigenvalue weighted by Crippen LogP contribution is -2.48. The molecule has 0 spiro atoms. The predicted molar refractivity (Wildman–Crippen MR) is 118 cm³/mol. The van der Waals surface area contributed by atoms with E-state index in [-0.39, 0.29) is 29.8 Å². The van der Waals surface area contributed by atoms with Crippen LogP contribution >= 0.6 is 11.6 Å². The second-order valence-corrected chi connectivity index (χ2v) is 9.78. The fourth-order valence-electron chi connectivity index (χ4n) is 4.92. The van der Waals surface area contributed by atoms with Crippen LogP contribution in [0, 0.1) is 0 Å². The Labute approximate surface area is 199 Å². The van der Waals surface area contributed by atoms with E-state index in [0.29, 0.717) is 17.9 Å². The molecule has 186 valence electrons. The van der Waals surface area contributed by atoms with Crippen LogP contribution in [0.15, 0.2) is 42.5 Å². The van der Waals surface area contributed by atoms with E-state index in [9.17, 15) is 26.3 Å². The van der Waals surface area contributed by atoms with Gasteiger partial charge >= 0.3 is 12.4 Å². The number of piperidine rings is 1. The summed E-state index contributed by atoms with van der Waals surface area (Å²) in [7, 11) is 0. The van der Waals surface area contributed by atoms with Crippen LogP contribution in [0.3, 0.4) is 0 Å². The fourth-order valence-corrected chi connectivity index (χ4v) is 5.05. The molecule has 0 unspecified atom stereocenters. The van der Waals surface area contributed by atoms with Gasteiger partial charge in [-0.1, -0.05) is 30.2 Å². The van der Waals surface area contributed by atoms with Gasteiger partial charge in [0.25, 0.3) is 0 Å². The molecule has 34 heavy (non-hydrogen) atoms. The largest absolute Gasteiger partial charge is 0.416 e. The minimum absolute atomic E-state index is 0.115. The summed E-state index contributed by atoms with van der Waals surface area (Å²) >= 11 is 6.03. The van der Waals surface area contributed by atoms with Crippen molar-refractivity contribution in [3.05, 3.63) is 69.7 Å². The van der Waals surface area contributed by atoms with Crippen LogP contribution in [0.1, 0.15) is 54.4 Å². The standard InChI is InChI=1S/C25H26ClF6NO/c26-21-4-2-18(3-5-21)23(8-1-9-23)16-33-10-6-22(7-11-33)34-15-17-12-19(24(27,28)29)14-20(13-17)25(30,31)32/h2-5,12-14,22H,1,6-11,15-16H2. The van der Waals surface area contributed by atoms with Crippen molar-refractivity contribution < 1.29 is 31.1 Å². The number of rotatable bonds is 6. The lowest BCUT2D eigenvalue weighted by atomic mass is 9.64. The van der Waals surface area contributed by atoms with Crippen LogP contribution in [-0.2, 0) is 29.1 Å². The van der Waals surface area contributed by atoms with Gasteiger partial charge in [0, 0.05) is 30.1 Å². The first-order valence-corrected chi connectivity index (χ1v) is 11.7. The summed E-state index contributed by atoms with van der Waals surface area (Å²) in [6.07, 6.45) is -5.15. The number of halogens is 7. The summed E-state index contributed by atoms with van der Waals surface area (Å²) in [4.78, 5) is 2.37. The third-order valence-corrected chi connectivity index (χ3v) is 7.21. The fraction of sp³-hybridized carbons (Fsp3) is 0.520. The minimum Gasteiger partial charge on any atom is -0.373 e. The van der Waals surface area contributed by atoms with E-state index in [4.69, 9.17) is 16.3 Å². The molecule has 0 atom stereocenters. The Balaban J connectivity index is 1.34.